The van der Waals surface area contributed by atoms with Crippen molar-refractivity contribution < 1.29 is 32.2 Å². The molecule has 1 aliphatic rings. The molecule has 0 saturated carbocycles. The van der Waals surface area contributed by atoms with Crippen molar-refractivity contribution in [3.8, 4) is 0 Å². The third-order valence-corrected chi connectivity index (χ3v) is 3.66. The summed E-state index contributed by atoms with van der Waals surface area (Å²) >= 11 is 0. The lowest BCUT2D eigenvalue weighted by Crippen LogP contribution is -2.50. The standard InChI is InChI=1S/C14H19F3N4O4/c1-21(2)12(22)7-25-10-6-24-4-3-8(10)18-13(23)9-5-11(20-19-9)14(15,16)17/h5,8,10H,3-4,6-7H2,1-2H3,(H,18,23)(H,19,20)/t8-,10-/m1/s1. The Hall–Kier alpha value is -2.14. The van der Waals surface area contributed by atoms with E-state index in [0.717, 1.165) is 0 Å². The van der Waals surface area contributed by atoms with E-state index >= 15 is 0 Å². The Balaban J connectivity index is 1.97. The number of alkyl halides is 3. The van der Waals surface area contributed by atoms with Gasteiger partial charge in [-0.1, -0.05) is 0 Å². The fourth-order valence-electron chi connectivity index (χ4n) is 2.17. The average molecular weight is 364 g/mol. The van der Waals surface area contributed by atoms with Crippen LogP contribution in [-0.2, 0) is 20.4 Å². The monoisotopic (exact) mass is 364 g/mol. The number of hydrogen-bond donors (Lipinski definition) is 2. The maximum atomic E-state index is 12.6. The van der Waals surface area contributed by atoms with Crippen molar-refractivity contribution in [2.45, 2.75) is 24.7 Å². The van der Waals surface area contributed by atoms with Gasteiger partial charge in [-0.25, -0.2) is 0 Å². The number of ether oxygens (including phenoxy) is 2. The van der Waals surface area contributed by atoms with E-state index < -0.39 is 29.9 Å². The minimum absolute atomic E-state index is 0.167. The fraction of sp³-hybridized carbons (Fsp3) is 0.643. The van der Waals surface area contributed by atoms with E-state index in [9.17, 15) is 22.8 Å². The van der Waals surface area contributed by atoms with Crippen molar-refractivity contribution >= 4 is 11.8 Å². The lowest BCUT2D eigenvalue weighted by atomic mass is 10.1. The van der Waals surface area contributed by atoms with Gasteiger partial charge < -0.3 is 19.7 Å². The third kappa shape index (κ3) is 5.16. The van der Waals surface area contributed by atoms with Gasteiger partial charge in [0.25, 0.3) is 5.91 Å². The molecule has 2 atom stereocenters. The molecule has 1 aromatic rings. The summed E-state index contributed by atoms with van der Waals surface area (Å²) < 4.78 is 48.4. The summed E-state index contributed by atoms with van der Waals surface area (Å²) in [5.74, 6) is -1.01. The molecule has 11 heteroatoms. The molecule has 2 amide bonds. The number of nitrogens with zero attached hydrogens (tertiary/aromatic N) is 2. The first-order valence-electron chi connectivity index (χ1n) is 7.51. The molecule has 1 saturated heterocycles. The van der Waals surface area contributed by atoms with E-state index in [2.05, 4.69) is 10.4 Å². The van der Waals surface area contributed by atoms with Gasteiger partial charge in [-0.3, -0.25) is 14.7 Å². The number of nitrogens with one attached hydrogen (secondary N) is 2. The molecule has 140 valence electrons. The molecule has 25 heavy (non-hydrogen) atoms. The number of halogens is 3. The maximum Gasteiger partial charge on any atom is 0.432 e. The largest absolute Gasteiger partial charge is 0.432 e. The summed E-state index contributed by atoms with van der Waals surface area (Å²) in [6.45, 7) is 0.342. The topological polar surface area (TPSA) is 96.5 Å². The lowest BCUT2D eigenvalue weighted by molar-refractivity contribution is -0.141. The molecule has 0 radical (unpaired) electrons. The summed E-state index contributed by atoms with van der Waals surface area (Å²) in [7, 11) is 3.16. The Labute approximate surface area is 141 Å². The molecule has 2 rings (SSSR count). The van der Waals surface area contributed by atoms with Crippen LogP contribution >= 0.6 is 0 Å². The lowest BCUT2D eigenvalue weighted by Gasteiger charge is -2.32. The van der Waals surface area contributed by atoms with E-state index in [1.807, 2.05) is 0 Å². The first kappa shape index (κ1) is 19.2. The van der Waals surface area contributed by atoms with Crippen LogP contribution in [0.25, 0.3) is 0 Å². The number of aromatic amines is 1. The van der Waals surface area contributed by atoms with Gasteiger partial charge in [0.2, 0.25) is 5.91 Å². The summed E-state index contributed by atoms with van der Waals surface area (Å²) in [5, 5.41) is 7.75. The van der Waals surface area contributed by atoms with Gasteiger partial charge in [0, 0.05) is 26.8 Å². The second kappa shape index (κ2) is 7.83. The molecular formula is C14H19F3N4O4. The summed E-state index contributed by atoms with van der Waals surface area (Å²) in [6.07, 6.45) is -4.78. The molecule has 2 heterocycles. The van der Waals surface area contributed by atoms with Gasteiger partial charge in [-0.2, -0.15) is 18.3 Å². The zero-order chi connectivity index (χ0) is 18.6. The van der Waals surface area contributed by atoms with E-state index in [4.69, 9.17) is 9.47 Å². The van der Waals surface area contributed by atoms with Gasteiger partial charge >= 0.3 is 6.18 Å². The minimum atomic E-state index is -4.61. The minimum Gasteiger partial charge on any atom is -0.379 e. The number of hydrogen-bond acceptors (Lipinski definition) is 5. The average Bonchev–Trinajstić information content (AvgIpc) is 3.04. The molecule has 8 nitrogen and oxygen atoms in total. The number of rotatable bonds is 5. The number of aromatic nitrogens is 2. The van der Waals surface area contributed by atoms with Crippen LogP contribution in [0.1, 0.15) is 22.6 Å². The summed E-state index contributed by atoms with van der Waals surface area (Å²) in [5.41, 5.74) is -1.48. The molecule has 1 fully saturated rings. The van der Waals surface area contributed by atoms with Gasteiger partial charge in [-0.05, 0) is 6.42 Å². The van der Waals surface area contributed by atoms with Crippen molar-refractivity contribution in [3.63, 3.8) is 0 Å². The molecule has 2 N–H and O–H groups in total. The zero-order valence-corrected chi connectivity index (χ0v) is 13.7. The molecule has 0 unspecified atom stereocenters. The Morgan fingerprint density at radius 2 is 2.20 bits per heavy atom. The van der Waals surface area contributed by atoms with Crippen LogP contribution < -0.4 is 5.32 Å². The quantitative estimate of drug-likeness (QED) is 0.789. The highest BCUT2D eigenvalue weighted by atomic mass is 19.4. The van der Waals surface area contributed by atoms with E-state index in [1.165, 1.54) is 4.90 Å². The normalized spacial score (nSPS) is 21.0. The second-order valence-corrected chi connectivity index (χ2v) is 5.75. The molecule has 0 aromatic carbocycles. The van der Waals surface area contributed by atoms with Crippen LogP contribution in [-0.4, -0.2) is 73.0 Å². The van der Waals surface area contributed by atoms with Crippen molar-refractivity contribution in [1.29, 1.82) is 0 Å². The highest BCUT2D eigenvalue weighted by Crippen LogP contribution is 2.27. The Morgan fingerprint density at radius 1 is 1.48 bits per heavy atom. The molecule has 0 aliphatic carbocycles. The predicted molar refractivity (Wildman–Crippen MR) is 78.7 cm³/mol. The summed E-state index contributed by atoms with van der Waals surface area (Å²) in [4.78, 5) is 25.1. The van der Waals surface area contributed by atoms with Crippen LogP contribution in [0.15, 0.2) is 6.07 Å². The van der Waals surface area contributed by atoms with Crippen LogP contribution in [0.2, 0.25) is 0 Å². The van der Waals surface area contributed by atoms with Gasteiger partial charge in [0.15, 0.2) is 5.69 Å². The smallest absolute Gasteiger partial charge is 0.379 e. The summed E-state index contributed by atoms with van der Waals surface area (Å²) in [6, 6.07) is 0.141. The number of likely N-dealkylation sites (N-methyl/N-ethyl adjacent to an activating group) is 1. The van der Waals surface area contributed by atoms with E-state index in [-0.39, 0.29) is 24.8 Å². The maximum absolute atomic E-state index is 12.6. The number of amides is 2. The van der Waals surface area contributed by atoms with Crippen LogP contribution in [0, 0.1) is 0 Å². The zero-order valence-electron chi connectivity index (χ0n) is 13.7. The van der Waals surface area contributed by atoms with Crippen LogP contribution in [0.5, 0.6) is 0 Å². The molecule has 0 bridgehead atoms. The predicted octanol–water partition coefficient (Wildman–Crippen LogP) is 0.421. The number of H-pyrrole nitrogens is 1. The van der Waals surface area contributed by atoms with Crippen molar-refractivity contribution in [3.05, 3.63) is 17.5 Å². The number of carbonyl (C=O) groups is 2. The number of carbonyl (C=O) groups excluding carboxylic acids is 2. The van der Waals surface area contributed by atoms with Crippen molar-refractivity contribution in [2.75, 3.05) is 33.9 Å². The highest BCUT2D eigenvalue weighted by Gasteiger charge is 2.35. The first-order chi connectivity index (χ1) is 11.7. The van der Waals surface area contributed by atoms with E-state index in [0.29, 0.717) is 19.1 Å². The van der Waals surface area contributed by atoms with Crippen molar-refractivity contribution in [1.82, 2.24) is 20.4 Å². The highest BCUT2D eigenvalue weighted by molar-refractivity contribution is 5.92. The van der Waals surface area contributed by atoms with Gasteiger partial charge in [0.05, 0.1) is 12.6 Å². The Kier molecular flexibility index (Phi) is 6.01. The molecule has 0 spiro atoms. The molecular weight excluding hydrogens is 345 g/mol. The second-order valence-electron chi connectivity index (χ2n) is 5.75. The SMILES string of the molecule is CN(C)C(=O)CO[C@@H]1COCC[C@H]1NC(=O)c1cc(C(F)(F)F)[nH]n1. The van der Waals surface area contributed by atoms with E-state index in [1.54, 1.807) is 19.2 Å². The third-order valence-electron chi connectivity index (χ3n) is 3.66. The first-order valence-corrected chi connectivity index (χ1v) is 7.51. The molecule has 1 aromatic heterocycles. The van der Waals surface area contributed by atoms with Gasteiger partial charge in [-0.15, -0.1) is 0 Å². The van der Waals surface area contributed by atoms with Crippen LogP contribution in [0.4, 0.5) is 13.2 Å². The molecule has 1 aliphatic heterocycles. The van der Waals surface area contributed by atoms with Gasteiger partial charge in [0.1, 0.15) is 18.4 Å². The fourth-order valence-corrected chi connectivity index (χ4v) is 2.17. The van der Waals surface area contributed by atoms with Crippen LogP contribution in [0.3, 0.4) is 0 Å². The van der Waals surface area contributed by atoms with Crippen molar-refractivity contribution in [2.24, 2.45) is 0 Å². The Morgan fingerprint density at radius 3 is 2.80 bits per heavy atom. The Bertz CT molecular complexity index is 617.